The molecule has 7 heteroatoms. The van der Waals surface area contributed by atoms with Crippen LogP contribution in [-0.2, 0) is 0 Å². The van der Waals surface area contributed by atoms with Gasteiger partial charge in [-0.25, -0.2) is 9.97 Å². The van der Waals surface area contributed by atoms with Crippen LogP contribution in [0.5, 0.6) is 0 Å². The Labute approximate surface area is 161 Å². The summed E-state index contributed by atoms with van der Waals surface area (Å²) in [5.74, 6) is 0.0931. The van der Waals surface area contributed by atoms with Crippen molar-refractivity contribution in [3.8, 4) is 0 Å². The summed E-state index contributed by atoms with van der Waals surface area (Å²) in [4.78, 5) is 20.8. The summed E-state index contributed by atoms with van der Waals surface area (Å²) in [6.07, 6.45) is 2.94. The first-order valence-corrected chi connectivity index (χ1v) is 8.61. The topological polar surface area (TPSA) is 66.9 Å². The molecule has 0 saturated carbocycles. The van der Waals surface area contributed by atoms with Gasteiger partial charge in [0.2, 0.25) is 5.95 Å². The number of carbonyl (C=O) groups is 1. The predicted octanol–water partition coefficient (Wildman–Crippen LogP) is 5.40. The van der Waals surface area contributed by atoms with Gasteiger partial charge in [0.15, 0.2) is 0 Å². The number of aryl methyl sites for hydroxylation is 2. The van der Waals surface area contributed by atoms with Crippen molar-refractivity contribution in [2.45, 2.75) is 13.8 Å². The summed E-state index contributed by atoms with van der Waals surface area (Å²) >= 11 is 11.9. The summed E-state index contributed by atoms with van der Waals surface area (Å²) in [5, 5.41) is 6.82. The Morgan fingerprint density at radius 1 is 0.962 bits per heavy atom. The van der Waals surface area contributed by atoms with E-state index in [1.54, 1.807) is 18.2 Å². The monoisotopic (exact) mass is 386 g/mol. The van der Waals surface area contributed by atoms with Crippen molar-refractivity contribution in [1.82, 2.24) is 9.97 Å². The van der Waals surface area contributed by atoms with Gasteiger partial charge in [0.1, 0.15) is 0 Å². The summed E-state index contributed by atoms with van der Waals surface area (Å²) in [5.41, 5.74) is 3.87. The van der Waals surface area contributed by atoms with Crippen molar-refractivity contribution >= 4 is 46.4 Å². The van der Waals surface area contributed by atoms with E-state index in [0.717, 1.165) is 16.8 Å². The maximum atomic E-state index is 12.4. The molecule has 1 aromatic heterocycles. The Hall–Kier alpha value is -2.63. The van der Waals surface area contributed by atoms with Crippen molar-refractivity contribution in [1.29, 1.82) is 0 Å². The fourth-order valence-corrected chi connectivity index (χ4v) is 2.71. The molecule has 0 radical (unpaired) electrons. The molecule has 0 saturated heterocycles. The highest BCUT2D eigenvalue weighted by atomic mass is 35.5. The van der Waals surface area contributed by atoms with E-state index in [9.17, 15) is 4.79 Å². The third-order valence-corrected chi connectivity index (χ3v) is 4.55. The van der Waals surface area contributed by atoms with E-state index in [1.165, 1.54) is 12.4 Å². The summed E-state index contributed by atoms with van der Waals surface area (Å²) < 4.78 is 0. The SMILES string of the molecule is Cc1cccc(C)c1NC(=O)c1cnc(Nc2ccc(Cl)c(Cl)c2)nc1. The van der Waals surface area contributed by atoms with Crippen LogP contribution in [0.25, 0.3) is 0 Å². The quantitative estimate of drug-likeness (QED) is 0.629. The van der Waals surface area contributed by atoms with Gasteiger partial charge in [-0.05, 0) is 43.2 Å². The largest absolute Gasteiger partial charge is 0.324 e. The first kappa shape index (κ1) is 18.2. The number of benzene rings is 2. The second kappa shape index (κ2) is 7.72. The Morgan fingerprint density at radius 2 is 1.62 bits per heavy atom. The lowest BCUT2D eigenvalue weighted by molar-refractivity contribution is 0.102. The minimum Gasteiger partial charge on any atom is -0.324 e. The molecule has 0 aliphatic heterocycles. The van der Waals surface area contributed by atoms with E-state index in [2.05, 4.69) is 20.6 Å². The molecular weight excluding hydrogens is 371 g/mol. The molecule has 0 atom stereocenters. The fourth-order valence-electron chi connectivity index (χ4n) is 2.41. The Morgan fingerprint density at radius 3 is 2.23 bits per heavy atom. The molecule has 0 aliphatic rings. The third kappa shape index (κ3) is 4.12. The summed E-state index contributed by atoms with van der Waals surface area (Å²) in [7, 11) is 0. The Bertz CT molecular complexity index is 938. The van der Waals surface area contributed by atoms with Gasteiger partial charge < -0.3 is 10.6 Å². The average molecular weight is 387 g/mol. The maximum absolute atomic E-state index is 12.4. The standard InChI is InChI=1S/C19H16Cl2N4O/c1-11-4-3-5-12(2)17(11)25-18(26)13-9-22-19(23-10-13)24-14-6-7-15(20)16(21)8-14/h3-10H,1-2H3,(H,25,26)(H,22,23,24). The number of hydrogen-bond acceptors (Lipinski definition) is 4. The lowest BCUT2D eigenvalue weighted by Crippen LogP contribution is -2.14. The van der Waals surface area contributed by atoms with Crippen LogP contribution in [0.2, 0.25) is 10.0 Å². The van der Waals surface area contributed by atoms with Gasteiger partial charge in [-0.2, -0.15) is 0 Å². The number of aromatic nitrogens is 2. The number of halogens is 2. The van der Waals surface area contributed by atoms with Crippen LogP contribution < -0.4 is 10.6 Å². The second-order valence-electron chi connectivity index (χ2n) is 5.77. The molecule has 5 nitrogen and oxygen atoms in total. The minimum absolute atomic E-state index is 0.261. The van der Waals surface area contributed by atoms with Crippen LogP contribution in [0.15, 0.2) is 48.8 Å². The first-order valence-electron chi connectivity index (χ1n) is 7.86. The molecule has 2 N–H and O–H groups in total. The minimum atomic E-state index is -0.261. The van der Waals surface area contributed by atoms with Crippen molar-refractivity contribution in [3.05, 3.63) is 75.5 Å². The van der Waals surface area contributed by atoms with E-state index in [-0.39, 0.29) is 5.91 Å². The van der Waals surface area contributed by atoms with E-state index in [1.807, 2.05) is 32.0 Å². The average Bonchev–Trinajstić information content (AvgIpc) is 2.62. The number of anilines is 3. The van der Waals surface area contributed by atoms with Gasteiger partial charge in [-0.1, -0.05) is 41.4 Å². The molecule has 0 fully saturated rings. The predicted molar refractivity (Wildman–Crippen MR) is 106 cm³/mol. The van der Waals surface area contributed by atoms with Crippen LogP contribution in [0.4, 0.5) is 17.3 Å². The highest BCUT2D eigenvalue weighted by molar-refractivity contribution is 6.42. The van der Waals surface area contributed by atoms with E-state index in [0.29, 0.717) is 27.2 Å². The van der Waals surface area contributed by atoms with Gasteiger partial charge in [0.05, 0.1) is 15.6 Å². The number of para-hydroxylation sites is 1. The van der Waals surface area contributed by atoms with E-state index in [4.69, 9.17) is 23.2 Å². The zero-order chi connectivity index (χ0) is 18.7. The molecule has 3 rings (SSSR count). The molecule has 0 aliphatic carbocycles. The van der Waals surface area contributed by atoms with Crippen molar-refractivity contribution in [2.75, 3.05) is 10.6 Å². The fraction of sp³-hybridized carbons (Fsp3) is 0.105. The number of hydrogen-bond donors (Lipinski definition) is 2. The molecule has 2 aromatic carbocycles. The maximum Gasteiger partial charge on any atom is 0.258 e. The van der Waals surface area contributed by atoms with Crippen LogP contribution in [-0.4, -0.2) is 15.9 Å². The molecule has 132 valence electrons. The Kier molecular flexibility index (Phi) is 5.40. The highest BCUT2D eigenvalue weighted by Crippen LogP contribution is 2.26. The number of rotatable bonds is 4. The molecule has 1 heterocycles. The molecule has 1 amide bonds. The highest BCUT2D eigenvalue weighted by Gasteiger charge is 2.11. The van der Waals surface area contributed by atoms with Crippen molar-refractivity contribution < 1.29 is 4.79 Å². The molecular formula is C19H16Cl2N4O. The normalized spacial score (nSPS) is 10.5. The van der Waals surface area contributed by atoms with Gasteiger partial charge >= 0.3 is 0 Å². The second-order valence-corrected chi connectivity index (χ2v) is 6.58. The molecule has 3 aromatic rings. The first-order chi connectivity index (χ1) is 12.4. The lowest BCUT2D eigenvalue weighted by Gasteiger charge is -2.11. The molecule has 0 bridgehead atoms. The number of nitrogens with one attached hydrogen (secondary N) is 2. The Balaban J connectivity index is 1.72. The van der Waals surface area contributed by atoms with Gasteiger partial charge in [0, 0.05) is 23.8 Å². The van der Waals surface area contributed by atoms with Gasteiger partial charge in [-0.15, -0.1) is 0 Å². The number of amides is 1. The van der Waals surface area contributed by atoms with Gasteiger partial charge in [0.25, 0.3) is 5.91 Å². The third-order valence-electron chi connectivity index (χ3n) is 3.81. The smallest absolute Gasteiger partial charge is 0.258 e. The van der Waals surface area contributed by atoms with Gasteiger partial charge in [-0.3, -0.25) is 4.79 Å². The zero-order valence-corrected chi connectivity index (χ0v) is 15.7. The number of nitrogens with zero attached hydrogens (tertiary/aromatic N) is 2. The van der Waals surface area contributed by atoms with Crippen LogP contribution in [0.3, 0.4) is 0 Å². The van der Waals surface area contributed by atoms with Crippen molar-refractivity contribution in [3.63, 3.8) is 0 Å². The van der Waals surface area contributed by atoms with E-state index < -0.39 is 0 Å². The zero-order valence-electron chi connectivity index (χ0n) is 14.2. The summed E-state index contributed by atoms with van der Waals surface area (Å²) in [6, 6.07) is 11.0. The van der Waals surface area contributed by atoms with Crippen LogP contribution in [0.1, 0.15) is 21.5 Å². The summed E-state index contributed by atoms with van der Waals surface area (Å²) in [6.45, 7) is 3.90. The van der Waals surface area contributed by atoms with E-state index >= 15 is 0 Å². The van der Waals surface area contributed by atoms with Crippen molar-refractivity contribution in [2.24, 2.45) is 0 Å². The number of carbonyl (C=O) groups excluding carboxylic acids is 1. The van der Waals surface area contributed by atoms with Crippen LogP contribution >= 0.6 is 23.2 Å². The molecule has 0 spiro atoms. The lowest BCUT2D eigenvalue weighted by atomic mass is 10.1. The molecule has 26 heavy (non-hydrogen) atoms. The molecule has 0 unspecified atom stereocenters. The van der Waals surface area contributed by atoms with Crippen LogP contribution in [0, 0.1) is 13.8 Å².